The maximum atomic E-state index is 12.8. The van der Waals surface area contributed by atoms with Gasteiger partial charge in [-0.05, 0) is 53.1 Å². The number of nitrogens with two attached hydrogens (primary N) is 1. The highest BCUT2D eigenvalue weighted by molar-refractivity contribution is 5.94. The third-order valence-corrected chi connectivity index (χ3v) is 5.17. The molecule has 0 spiro atoms. The topological polar surface area (TPSA) is 177 Å². The molecule has 2 aromatic carbocycles. The first-order chi connectivity index (χ1) is 17.0. The van der Waals surface area contributed by atoms with E-state index < -0.39 is 5.91 Å². The van der Waals surface area contributed by atoms with Crippen molar-refractivity contribution in [1.29, 1.82) is 0 Å². The SMILES string of the molecule is COc1ccc(/C=N/NC(=O)c2c(C)nnn2-c2nonc2N)cc1Cn1nnc2ccccc21. The van der Waals surface area contributed by atoms with Crippen molar-refractivity contribution in [3.63, 3.8) is 0 Å². The van der Waals surface area contributed by atoms with Gasteiger partial charge in [0.2, 0.25) is 11.6 Å². The molecule has 0 saturated carbocycles. The maximum Gasteiger partial charge on any atom is 0.292 e. The number of nitrogen functional groups attached to an aromatic ring is 1. The quantitative estimate of drug-likeness (QED) is 0.257. The summed E-state index contributed by atoms with van der Waals surface area (Å²) < 4.78 is 13.0. The first kappa shape index (κ1) is 21.7. The van der Waals surface area contributed by atoms with Crippen molar-refractivity contribution >= 4 is 29.0 Å². The van der Waals surface area contributed by atoms with Crippen LogP contribution in [0.25, 0.3) is 16.9 Å². The van der Waals surface area contributed by atoms with Crippen LogP contribution in [0, 0.1) is 6.92 Å². The maximum absolute atomic E-state index is 12.8. The van der Waals surface area contributed by atoms with Crippen LogP contribution >= 0.6 is 0 Å². The number of nitrogens with zero attached hydrogens (tertiary/aromatic N) is 9. The van der Waals surface area contributed by atoms with Gasteiger partial charge >= 0.3 is 0 Å². The molecule has 14 heteroatoms. The number of aryl methyl sites for hydroxylation is 1. The molecule has 0 aliphatic carbocycles. The lowest BCUT2D eigenvalue weighted by Gasteiger charge is -2.10. The fraction of sp³-hybridized carbons (Fsp3) is 0.143. The predicted molar refractivity (Wildman–Crippen MR) is 123 cm³/mol. The second kappa shape index (κ2) is 9.01. The first-order valence-electron chi connectivity index (χ1n) is 10.3. The van der Waals surface area contributed by atoms with Gasteiger partial charge in [-0.15, -0.1) is 10.2 Å². The second-order valence-electron chi connectivity index (χ2n) is 7.41. The lowest BCUT2D eigenvalue weighted by Crippen LogP contribution is -2.22. The summed E-state index contributed by atoms with van der Waals surface area (Å²) >= 11 is 0. The van der Waals surface area contributed by atoms with Gasteiger partial charge in [0.25, 0.3) is 5.91 Å². The summed E-state index contributed by atoms with van der Waals surface area (Å²) in [5, 5.41) is 27.4. The molecule has 14 nitrogen and oxygen atoms in total. The summed E-state index contributed by atoms with van der Waals surface area (Å²) in [5.74, 6) is 0.155. The van der Waals surface area contributed by atoms with Crippen molar-refractivity contribution in [3.05, 3.63) is 65.0 Å². The molecule has 3 N–H and O–H groups in total. The summed E-state index contributed by atoms with van der Waals surface area (Å²) in [6.07, 6.45) is 1.51. The molecular weight excluding hydrogens is 454 g/mol. The van der Waals surface area contributed by atoms with E-state index in [-0.39, 0.29) is 17.3 Å². The fourth-order valence-electron chi connectivity index (χ4n) is 3.52. The smallest absolute Gasteiger partial charge is 0.292 e. The number of hydrogen-bond donors (Lipinski definition) is 2. The zero-order valence-electron chi connectivity index (χ0n) is 18.7. The van der Waals surface area contributed by atoms with Crippen LogP contribution in [-0.2, 0) is 6.54 Å². The Morgan fingerprint density at radius 3 is 2.86 bits per heavy atom. The van der Waals surface area contributed by atoms with Crippen LogP contribution in [0.4, 0.5) is 5.82 Å². The Bertz CT molecular complexity index is 1550. The molecule has 1 amide bonds. The number of carbonyl (C=O) groups excluding carboxylic acids is 1. The third-order valence-electron chi connectivity index (χ3n) is 5.17. The van der Waals surface area contributed by atoms with Crippen LogP contribution in [0.2, 0.25) is 0 Å². The highest BCUT2D eigenvalue weighted by Gasteiger charge is 2.22. The van der Waals surface area contributed by atoms with Gasteiger partial charge in [0.1, 0.15) is 11.3 Å². The number of nitrogens with one attached hydrogen (secondary N) is 1. The van der Waals surface area contributed by atoms with Gasteiger partial charge in [-0.3, -0.25) is 4.79 Å². The molecule has 0 unspecified atom stereocenters. The van der Waals surface area contributed by atoms with E-state index in [2.05, 4.69) is 46.1 Å². The molecule has 0 fully saturated rings. The van der Waals surface area contributed by atoms with Gasteiger partial charge in [-0.2, -0.15) is 9.78 Å². The Labute approximate surface area is 197 Å². The number of benzene rings is 2. The monoisotopic (exact) mass is 473 g/mol. The minimum atomic E-state index is -0.561. The molecule has 3 aromatic heterocycles. The number of hydrogen-bond acceptors (Lipinski definition) is 11. The number of fused-ring (bicyclic) bond motifs is 1. The Morgan fingerprint density at radius 1 is 1.20 bits per heavy atom. The van der Waals surface area contributed by atoms with Gasteiger partial charge in [-0.25, -0.2) is 14.7 Å². The highest BCUT2D eigenvalue weighted by Crippen LogP contribution is 2.22. The molecule has 0 saturated heterocycles. The van der Waals surface area contributed by atoms with Crippen LogP contribution in [0.5, 0.6) is 5.75 Å². The lowest BCUT2D eigenvalue weighted by molar-refractivity contribution is 0.0946. The average Bonchev–Trinajstić information content (AvgIpc) is 3.58. The molecule has 5 rings (SSSR count). The van der Waals surface area contributed by atoms with E-state index in [1.165, 1.54) is 6.21 Å². The van der Waals surface area contributed by atoms with Crippen molar-refractivity contribution in [1.82, 2.24) is 45.7 Å². The number of carbonyl (C=O) groups is 1. The van der Waals surface area contributed by atoms with E-state index in [1.807, 2.05) is 42.5 Å². The van der Waals surface area contributed by atoms with E-state index >= 15 is 0 Å². The standard InChI is InChI=1S/C21H19N11O3/c1-12-18(32(30-24-12)20-19(22)27-35-28-20)21(33)26-23-10-13-7-8-17(34-2)14(9-13)11-31-16-6-4-3-5-15(16)25-29-31/h3-10H,11H2,1-2H3,(H2,22,27)(H,26,33)/b23-10+. The van der Waals surface area contributed by atoms with E-state index in [0.29, 0.717) is 18.0 Å². The van der Waals surface area contributed by atoms with Gasteiger partial charge in [0, 0.05) is 5.56 Å². The first-order valence-corrected chi connectivity index (χ1v) is 10.3. The third kappa shape index (κ3) is 4.15. The number of rotatable bonds is 7. The van der Waals surface area contributed by atoms with Gasteiger partial charge < -0.3 is 10.5 Å². The van der Waals surface area contributed by atoms with Crippen LogP contribution < -0.4 is 15.9 Å². The molecule has 0 aliphatic rings. The highest BCUT2D eigenvalue weighted by atomic mass is 16.6. The number of amides is 1. The Balaban J connectivity index is 1.35. The molecule has 0 aliphatic heterocycles. The summed E-state index contributed by atoms with van der Waals surface area (Å²) in [5.41, 5.74) is 11.9. The average molecular weight is 473 g/mol. The molecule has 35 heavy (non-hydrogen) atoms. The van der Waals surface area contributed by atoms with Gasteiger partial charge in [0.05, 0.1) is 31.1 Å². The summed E-state index contributed by atoms with van der Waals surface area (Å²) in [6.45, 7) is 2.06. The van der Waals surface area contributed by atoms with Gasteiger partial charge in [-0.1, -0.05) is 22.6 Å². The molecular formula is C21H19N11O3. The second-order valence-corrected chi connectivity index (χ2v) is 7.41. The summed E-state index contributed by atoms with van der Waals surface area (Å²) in [4.78, 5) is 12.8. The van der Waals surface area contributed by atoms with Crippen molar-refractivity contribution in [2.45, 2.75) is 13.5 Å². The minimum Gasteiger partial charge on any atom is -0.496 e. The Hall–Kier alpha value is -5.14. The Morgan fingerprint density at radius 2 is 2.06 bits per heavy atom. The number of hydrazone groups is 1. The van der Waals surface area contributed by atoms with Crippen molar-refractivity contribution in [2.75, 3.05) is 12.8 Å². The van der Waals surface area contributed by atoms with Crippen molar-refractivity contribution in [3.8, 4) is 11.6 Å². The van der Waals surface area contributed by atoms with Crippen LogP contribution in [0.1, 0.15) is 27.3 Å². The zero-order valence-corrected chi connectivity index (χ0v) is 18.7. The number of anilines is 1. The fourth-order valence-corrected chi connectivity index (χ4v) is 3.52. The number of ether oxygens (including phenoxy) is 1. The predicted octanol–water partition coefficient (Wildman–Crippen LogP) is 1.11. The zero-order chi connectivity index (χ0) is 24.4. The van der Waals surface area contributed by atoms with Crippen LogP contribution in [0.3, 0.4) is 0 Å². The van der Waals surface area contributed by atoms with Gasteiger partial charge in [0.15, 0.2) is 5.69 Å². The molecule has 176 valence electrons. The van der Waals surface area contributed by atoms with E-state index in [1.54, 1.807) is 18.7 Å². The summed E-state index contributed by atoms with van der Waals surface area (Å²) in [7, 11) is 1.60. The van der Waals surface area contributed by atoms with E-state index in [4.69, 9.17) is 10.5 Å². The normalized spacial score (nSPS) is 11.4. The molecule has 0 bridgehead atoms. The minimum absolute atomic E-state index is 0.0293. The van der Waals surface area contributed by atoms with Crippen molar-refractivity contribution < 1.29 is 14.2 Å². The van der Waals surface area contributed by atoms with Crippen molar-refractivity contribution in [2.24, 2.45) is 5.10 Å². The van der Waals surface area contributed by atoms with E-state index in [9.17, 15) is 4.79 Å². The largest absolute Gasteiger partial charge is 0.496 e. The molecule has 0 atom stereocenters. The van der Waals surface area contributed by atoms with Crippen LogP contribution in [0.15, 0.2) is 52.2 Å². The summed E-state index contributed by atoms with van der Waals surface area (Å²) in [6, 6.07) is 13.2. The Kier molecular flexibility index (Phi) is 5.58. The molecule has 0 radical (unpaired) electrons. The van der Waals surface area contributed by atoms with E-state index in [0.717, 1.165) is 26.8 Å². The number of methoxy groups -OCH3 is 1. The number of para-hydroxylation sites is 1. The molecule has 3 heterocycles. The van der Waals surface area contributed by atoms with Crippen LogP contribution in [-0.4, -0.2) is 59.5 Å². The lowest BCUT2D eigenvalue weighted by atomic mass is 10.1. The number of aromatic nitrogens is 8. The molecule has 5 aromatic rings.